The third-order valence-electron chi connectivity index (χ3n) is 5.32. The van der Waals surface area contributed by atoms with Crippen LogP contribution in [0.25, 0.3) is 10.8 Å². The second-order valence-electron chi connectivity index (χ2n) is 8.04. The lowest BCUT2D eigenvalue weighted by Gasteiger charge is -2.12. The van der Waals surface area contributed by atoms with Crippen LogP contribution in [0.1, 0.15) is 30.7 Å². The van der Waals surface area contributed by atoms with Crippen LogP contribution in [0.5, 0.6) is 11.5 Å². The van der Waals surface area contributed by atoms with E-state index in [1.807, 2.05) is 44.2 Å². The fourth-order valence-electron chi connectivity index (χ4n) is 3.69. The zero-order valence-electron chi connectivity index (χ0n) is 20.6. The molecule has 1 heterocycles. The lowest BCUT2D eigenvalue weighted by Crippen LogP contribution is -2.20. The van der Waals surface area contributed by atoms with Gasteiger partial charge in [0.05, 0.1) is 37.1 Å². The molecule has 0 fully saturated rings. The van der Waals surface area contributed by atoms with Gasteiger partial charge >= 0.3 is 6.18 Å². The van der Waals surface area contributed by atoms with Crippen LogP contribution in [0.3, 0.4) is 0 Å². The molecule has 0 atom stereocenters. The van der Waals surface area contributed by atoms with Gasteiger partial charge in [0.15, 0.2) is 5.13 Å². The standard InChI is InChI=1S/C27H25F3N4O3S/c1-3-36-21-10-8-17-9-11-24(37-4-2)23(22(17)14-21)15-31-34-25(35)13-20-16-38-26(33-20)32-19-7-5-6-18(12-19)27(28,29)30/h5-12,14-16H,3-4,13H2,1-2H3,(H,32,33)(H,34,35)/b31-15-. The highest BCUT2D eigenvalue weighted by Crippen LogP contribution is 2.32. The Labute approximate surface area is 221 Å². The van der Waals surface area contributed by atoms with Gasteiger partial charge in [-0.2, -0.15) is 18.3 Å². The lowest BCUT2D eigenvalue weighted by molar-refractivity contribution is -0.137. The number of benzene rings is 3. The number of hydrazone groups is 1. The van der Waals surface area contributed by atoms with E-state index in [1.54, 1.807) is 5.38 Å². The largest absolute Gasteiger partial charge is 0.494 e. The first-order chi connectivity index (χ1) is 18.3. The average Bonchev–Trinajstić information content (AvgIpc) is 3.31. The molecular weight excluding hydrogens is 517 g/mol. The first-order valence-electron chi connectivity index (χ1n) is 11.8. The Morgan fingerprint density at radius 1 is 1.08 bits per heavy atom. The summed E-state index contributed by atoms with van der Waals surface area (Å²) in [6.45, 7) is 4.79. The number of alkyl halides is 3. The van der Waals surface area contributed by atoms with E-state index in [2.05, 4.69) is 20.8 Å². The fraction of sp³-hybridized carbons (Fsp3) is 0.222. The summed E-state index contributed by atoms with van der Waals surface area (Å²) in [4.78, 5) is 16.8. The number of halogens is 3. The number of nitrogens with zero attached hydrogens (tertiary/aromatic N) is 2. The molecule has 198 valence electrons. The third-order valence-corrected chi connectivity index (χ3v) is 6.13. The zero-order valence-corrected chi connectivity index (χ0v) is 21.4. The predicted molar refractivity (Wildman–Crippen MR) is 143 cm³/mol. The number of carbonyl (C=O) groups excluding carboxylic acids is 1. The van der Waals surface area contributed by atoms with Crippen molar-refractivity contribution in [2.24, 2.45) is 5.10 Å². The summed E-state index contributed by atoms with van der Waals surface area (Å²) < 4.78 is 50.2. The number of nitrogens with one attached hydrogen (secondary N) is 2. The number of hydrogen-bond donors (Lipinski definition) is 2. The SMILES string of the molecule is CCOc1ccc2ccc(OCC)c(/C=N\NC(=O)Cc3csc(Nc4cccc(C(F)(F)F)c4)n3)c2c1. The highest BCUT2D eigenvalue weighted by atomic mass is 32.1. The van der Waals surface area contributed by atoms with Gasteiger partial charge in [-0.1, -0.05) is 18.2 Å². The second-order valence-corrected chi connectivity index (χ2v) is 8.90. The molecule has 3 aromatic carbocycles. The van der Waals surface area contributed by atoms with Gasteiger partial charge in [-0.25, -0.2) is 10.4 Å². The molecule has 0 radical (unpaired) electrons. The normalized spacial score (nSPS) is 11.6. The van der Waals surface area contributed by atoms with Crippen molar-refractivity contribution in [2.75, 3.05) is 18.5 Å². The van der Waals surface area contributed by atoms with Crippen LogP contribution in [-0.2, 0) is 17.4 Å². The van der Waals surface area contributed by atoms with E-state index in [1.165, 1.54) is 29.7 Å². The Morgan fingerprint density at radius 3 is 2.63 bits per heavy atom. The summed E-state index contributed by atoms with van der Waals surface area (Å²) >= 11 is 1.18. The van der Waals surface area contributed by atoms with E-state index in [4.69, 9.17) is 9.47 Å². The van der Waals surface area contributed by atoms with Crippen LogP contribution >= 0.6 is 11.3 Å². The maximum atomic E-state index is 12.9. The number of aromatic nitrogens is 1. The van der Waals surface area contributed by atoms with E-state index >= 15 is 0 Å². The second kappa shape index (κ2) is 12.0. The first-order valence-corrected chi connectivity index (χ1v) is 12.7. The van der Waals surface area contributed by atoms with Gasteiger partial charge in [0.1, 0.15) is 11.5 Å². The molecule has 38 heavy (non-hydrogen) atoms. The molecule has 4 rings (SSSR count). The predicted octanol–water partition coefficient (Wildman–Crippen LogP) is 6.55. The van der Waals surface area contributed by atoms with Gasteiger partial charge in [0, 0.05) is 16.6 Å². The highest BCUT2D eigenvalue weighted by molar-refractivity contribution is 7.13. The molecule has 2 N–H and O–H groups in total. The number of amides is 1. The zero-order chi connectivity index (χ0) is 27.1. The van der Waals surface area contributed by atoms with Crippen LogP contribution in [0.4, 0.5) is 24.0 Å². The molecule has 4 aromatic rings. The summed E-state index contributed by atoms with van der Waals surface area (Å²) in [6.07, 6.45) is -2.96. The molecule has 0 aliphatic rings. The third kappa shape index (κ3) is 6.80. The molecule has 0 aliphatic carbocycles. The Bertz CT molecular complexity index is 1450. The monoisotopic (exact) mass is 542 g/mol. The van der Waals surface area contributed by atoms with Crippen molar-refractivity contribution >= 4 is 45.0 Å². The van der Waals surface area contributed by atoms with Crippen LogP contribution in [0.2, 0.25) is 0 Å². The Kier molecular flexibility index (Phi) is 8.47. The topological polar surface area (TPSA) is 84.8 Å². The Morgan fingerprint density at radius 2 is 1.87 bits per heavy atom. The van der Waals surface area contributed by atoms with Crippen molar-refractivity contribution in [2.45, 2.75) is 26.4 Å². The Balaban J connectivity index is 1.43. The maximum absolute atomic E-state index is 12.9. The molecular formula is C27H25F3N4O3S. The van der Waals surface area contributed by atoms with Gasteiger partial charge in [0.25, 0.3) is 0 Å². The number of carbonyl (C=O) groups is 1. The number of anilines is 2. The van der Waals surface area contributed by atoms with Gasteiger partial charge in [-0.3, -0.25) is 4.79 Å². The molecule has 1 aromatic heterocycles. The summed E-state index contributed by atoms with van der Waals surface area (Å²) in [5.74, 6) is 0.937. The van der Waals surface area contributed by atoms with E-state index < -0.39 is 17.6 Å². The van der Waals surface area contributed by atoms with E-state index in [0.29, 0.717) is 41.1 Å². The van der Waals surface area contributed by atoms with Crippen LogP contribution < -0.4 is 20.2 Å². The van der Waals surface area contributed by atoms with E-state index in [0.717, 1.165) is 22.9 Å². The van der Waals surface area contributed by atoms with Crippen molar-refractivity contribution in [3.8, 4) is 11.5 Å². The highest BCUT2D eigenvalue weighted by Gasteiger charge is 2.30. The number of hydrogen-bond acceptors (Lipinski definition) is 7. The van der Waals surface area contributed by atoms with Crippen molar-refractivity contribution in [1.82, 2.24) is 10.4 Å². The quantitative estimate of drug-likeness (QED) is 0.175. The van der Waals surface area contributed by atoms with Crippen molar-refractivity contribution < 1.29 is 27.4 Å². The van der Waals surface area contributed by atoms with Gasteiger partial charge < -0.3 is 14.8 Å². The number of ether oxygens (including phenoxy) is 2. The molecule has 0 aliphatic heterocycles. The van der Waals surface area contributed by atoms with Gasteiger partial charge in [-0.15, -0.1) is 11.3 Å². The minimum absolute atomic E-state index is 0.0551. The van der Waals surface area contributed by atoms with Crippen molar-refractivity contribution in [1.29, 1.82) is 0 Å². The lowest BCUT2D eigenvalue weighted by atomic mass is 10.0. The Hall–Kier alpha value is -4.12. The fourth-order valence-corrected chi connectivity index (χ4v) is 4.42. The summed E-state index contributed by atoms with van der Waals surface area (Å²) in [7, 11) is 0. The summed E-state index contributed by atoms with van der Waals surface area (Å²) in [5, 5.41) is 10.8. The summed E-state index contributed by atoms with van der Waals surface area (Å²) in [5.41, 5.74) is 3.15. The molecule has 0 saturated carbocycles. The minimum Gasteiger partial charge on any atom is -0.494 e. The number of fused-ring (bicyclic) bond motifs is 1. The molecule has 11 heteroatoms. The van der Waals surface area contributed by atoms with E-state index in [9.17, 15) is 18.0 Å². The number of rotatable bonds is 10. The molecule has 0 spiro atoms. The molecule has 0 unspecified atom stereocenters. The van der Waals surface area contributed by atoms with Gasteiger partial charge in [0.2, 0.25) is 5.91 Å². The smallest absolute Gasteiger partial charge is 0.416 e. The maximum Gasteiger partial charge on any atom is 0.416 e. The first kappa shape index (κ1) is 26.9. The van der Waals surface area contributed by atoms with Crippen molar-refractivity contribution in [3.63, 3.8) is 0 Å². The van der Waals surface area contributed by atoms with Crippen molar-refractivity contribution in [3.05, 3.63) is 76.8 Å². The molecule has 0 saturated heterocycles. The molecule has 0 bridgehead atoms. The van der Waals surface area contributed by atoms with Crippen LogP contribution in [0.15, 0.2) is 65.1 Å². The van der Waals surface area contributed by atoms with Crippen LogP contribution in [0, 0.1) is 0 Å². The summed E-state index contributed by atoms with van der Waals surface area (Å²) in [6, 6.07) is 14.4. The average molecular weight is 543 g/mol. The number of thiazole rings is 1. The molecule has 1 amide bonds. The minimum atomic E-state index is -4.44. The molecule has 7 nitrogen and oxygen atoms in total. The van der Waals surface area contributed by atoms with Gasteiger partial charge in [-0.05, 0) is 61.0 Å². The van der Waals surface area contributed by atoms with E-state index in [-0.39, 0.29) is 12.1 Å². The van der Waals surface area contributed by atoms with Crippen LogP contribution in [-0.4, -0.2) is 30.3 Å².